The summed E-state index contributed by atoms with van der Waals surface area (Å²) in [6, 6.07) is 22.3. The van der Waals surface area contributed by atoms with E-state index in [9.17, 15) is 9.59 Å². The lowest BCUT2D eigenvalue weighted by molar-refractivity contribution is -0.133. The van der Waals surface area contributed by atoms with Crippen LogP contribution in [0, 0.1) is 6.92 Å². The highest BCUT2D eigenvalue weighted by Gasteiger charge is 2.17. The van der Waals surface area contributed by atoms with Crippen molar-refractivity contribution >= 4 is 23.4 Å². The molecule has 0 aromatic heterocycles. The first-order valence-corrected chi connectivity index (χ1v) is 10.4. The quantitative estimate of drug-likeness (QED) is 0.186. The molecule has 33 heavy (non-hydrogen) atoms. The molecule has 0 amide bonds. The van der Waals surface area contributed by atoms with Crippen molar-refractivity contribution in [2.24, 2.45) is 0 Å². The van der Waals surface area contributed by atoms with E-state index in [2.05, 4.69) is 0 Å². The molecule has 168 valence electrons. The van der Waals surface area contributed by atoms with Gasteiger partial charge in [-0.15, -0.1) is 0 Å². The Labute approximate surface area is 193 Å². The number of rotatable bonds is 9. The lowest BCUT2D eigenvalue weighted by Gasteiger charge is -2.13. The zero-order chi connectivity index (χ0) is 23.6. The second-order valence-electron chi connectivity index (χ2n) is 7.34. The van der Waals surface area contributed by atoms with Gasteiger partial charge in [-0.05, 0) is 54.0 Å². The summed E-state index contributed by atoms with van der Waals surface area (Å²) >= 11 is 0. The lowest BCUT2D eigenvalue weighted by atomic mass is 10.0. The maximum absolute atomic E-state index is 12.5. The van der Waals surface area contributed by atoms with Gasteiger partial charge in [-0.1, -0.05) is 60.2 Å². The average Bonchev–Trinajstić information content (AvgIpc) is 2.85. The molecule has 0 aliphatic rings. The van der Waals surface area contributed by atoms with Crippen LogP contribution in [0.2, 0.25) is 0 Å². The van der Waals surface area contributed by atoms with E-state index in [0.717, 1.165) is 16.7 Å². The van der Waals surface area contributed by atoms with Gasteiger partial charge in [-0.3, -0.25) is 4.79 Å². The van der Waals surface area contributed by atoms with Crippen molar-refractivity contribution < 1.29 is 23.8 Å². The smallest absolute Gasteiger partial charge is 0.341 e. The second-order valence-corrected chi connectivity index (χ2v) is 7.34. The highest BCUT2D eigenvalue weighted by molar-refractivity contribution is 6.16. The van der Waals surface area contributed by atoms with Gasteiger partial charge in [0.1, 0.15) is 17.9 Å². The van der Waals surface area contributed by atoms with Gasteiger partial charge in [0.15, 0.2) is 5.78 Å². The summed E-state index contributed by atoms with van der Waals surface area (Å²) in [7, 11) is 2.80. The molecule has 0 aliphatic heterocycles. The van der Waals surface area contributed by atoms with Crippen LogP contribution in [0.3, 0.4) is 0 Å². The van der Waals surface area contributed by atoms with Crippen LogP contribution in [0.25, 0.3) is 11.6 Å². The van der Waals surface area contributed by atoms with Crippen molar-refractivity contribution in [1.29, 1.82) is 0 Å². The standard InChI is InChI=1S/C28H26O5/c1-20-7-6-8-21(17-20)11-16-27(29)22-12-14-24(15-13-22)33-18-23-9-4-5-10-25(23)26(19-31-2)28(30)32-3/h4-17,19H,18H2,1-3H3/b16-11+,26-19+. The van der Waals surface area contributed by atoms with Crippen molar-refractivity contribution in [2.75, 3.05) is 14.2 Å². The summed E-state index contributed by atoms with van der Waals surface area (Å²) in [5.74, 6) is 0.0334. The predicted octanol–water partition coefficient (Wildman–Crippen LogP) is 5.63. The number of ketones is 1. The lowest BCUT2D eigenvalue weighted by Crippen LogP contribution is -2.08. The van der Waals surface area contributed by atoms with E-state index in [0.29, 0.717) is 22.4 Å². The molecule has 3 aromatic carbocycles. The number of carbonyl (C=O) groups excluding carboxylic acids is 2. The zero-order valence-corrected chi connectivity index (χ0v) is 18.9. The van der Waals surface area contributed by atoms with E-state index in [1.165, 1.54) is 20.5 Å². The highest BCUT2D eigenvalue weighted by Crippen LogP contribution is 2.23. The Hall–Kier alpha value is -4.12. The molecule has 3 rings (SSSR count). The predicted molar refractivity (Wildman–Crippen MR) is 129 cm³/mol. The van der Waals surface area contributed by atoms with Gasteiger partial charge in [-0.25, -0.2) is 4.79 Å². The Balaban J connectivity index is 1.68. The Bertz CT molecular complexity index is 1170. The summed E-state index contributed by atoms with van der Waals surface area (Å²) in [6.07, 6.45) is 4.73. The van der Waals surface area contributed by atoms with Gasteiger partial charge >= 0.3 is 5.97 Å². The SMILES string of the molecule is CO/C=C(/C(=O)OC)c1ccccc1COc1ccc(C(=O)/C=C/c2cccc(C)c2)cc1. The third-order valence-corrected chi connectivity index (χ3v) is 4.95. The Morgan fingerprint density at radius 1 is 0.909 bits per heavy atom. The Kier molecular flexibility index (Phi) is 8.19. The molecule has 0 saturated heterocycles. The maximum atomic E-state index is 12.5. The monoisotopic (exact) mass is 442 g/mol. The summed E-state index contributed by atoms with van der Waals surface area (Å²) in [5.41, 5.74) is 4.47. The molecule has 0 fully saturated rings. The molecule has 0 aliphatic carbocycles. The Morgan fingerprint density at radius 2 is 1.67 bits per heavy atom. The van der Waals surface area contributed by atoms with Crippen molar-refractivity contribution in [2.45, 2.75) is 13.5 Å². The molecule has 0 heterocycles. The molecule has 0 saturated carbocycles. The average molecular weight is 443 g/mol. The van der Waals surface area contributed by atoms with Crippen molar-refractivity contribution in [3.05, 3.63) is 113 Å². The molecule has 0 unspecified atom stereocenters. The number of hydrogen-bond acceptors (Lipinski definition) is 5. The topological polar surface area (TPSA) is 61.8 Å². The molecule has 5 nitrogen and oxygen atoms in total. The largest absolute Gasteiger partial charge is 0.503 e. The number of hydrogen-bond donors (Lipinski definition) is 0. The van der Waals surface area contributed by atoms with E-state index in [4.69, 9.17) is 14.2 Å². The molecule has 0 spiro atoms. The molecular formula is C28H26O5. The van der Waals surface area contributed by atoms with Crippen LogP contribution in [0.1, 0.15) is 32.6 Å². The number of aryl methyl sites for hydroxylation is 1. The van der Waals surface area contributed by atoms with Crippen molar-refractivity contribution in [3.63, 3.8) is 0 Å². The van der Waals surface area contributed by atoms with Crippen molar-refractivity contribution in [1.82, 2.24) is 0 Å². The minimum Gasteiger partial charge on any atom is -0.503 e. The summed E-state index contributed by atoms with van der Waals surface area (Å²) < 4.78 is 15.8. The summed E-state index contributed by atoms with van der Waals surface area (Å²) in [5, 5.41) is 0. The molecule has 5 heteroatoms. The van der Waals surface area contributed by atoms with Gasteiger partial charge in [0.2, 0.25) is 0 Å². The number of carbonyl (C=O) groups is 2. The third-order valence-electron chi connectivity index (χ3n) is 4.95. The summed E-state index contributed by atoms with van der Waals surface area (Å²) in [6.45, 7) is 2.25. The second kappa shape index (κ2) is 11.5. The normalized spacial score (nSPS) is 11.3. The van der Waals surface area contributed by atoms with Gasteiger partial charge in [0, 0.05) is 5.56 Å². The minimum atomic E-state index is -0.495. The van der Waals surface area contributed by atoms with E-state index in [1.807, 2.05) is 61.5 Å². The molecule has 3 aromatic rings. The zero-order valence-electron chi connectivity index (χ0n) is 18.9. The van der Waals surface area contributed by atoms with Gasteiger partial charge in [0.25, 0.3) is 0 Å². The number of ether oxygens (including phenoxy) is 3. The van der Waals surface area contributed by atoms with Gasteiger partial charge in [0.05, 0.1) is 20.5 Å². The molecular weight excluding hydrogens is 416 g/mol. The highest BCUT2D eigenvalue weighted by atomic mass is 16.5. The first-order chi connectivity index (χ1) is 16.0. The van der Waals surface area contributed by atoms with Crippen LogP contribution < -0.4 is 4.74 Å². The van der Waals surface area contributed by atoms with Crippen LogP contribution in [-0.4, -0.2) is 26.0 Å². The number of benzene rings is 3. The van der Waals surface area contributed by atoms with Gasteiger partial charge in [-0.2, -0.15) is 0 Å². The van der Waals surface area contributed by atoms with Crippen LogP contribution >= 0.6 is 0 Å². The molecule has 0 bridgehead atoms. The first kappa shape index (κ1) is 23.5. The van der Waals surface area contributed by atoms with Crippen LogP contribution in [-0.2, 0) is 20.9 Å². The van der Waals surface area contributed by atoms with Crippen molar-refractivity contribution in [3.8, 4) is 5.75 Å². The fourth-order valence-electron chi connectivity index (χ4n) is 3.28. The number of methoxy groups -OCH3 is 2. The summed E-state index contributed by atoms with van der Waals surface area (Å²) in [4.78, 5) is 24.6. The first-order valence-electron chi connectivity index (χ1n) is 10.4. The fourth-order valence-corrected chi connectivity index (χ4v) is 3.28. The van der Waals surface area contributed by atoms with Crippen LogP contribution in [0.4, 0.5) is 0 Å². The molecule has 0 radical (unpaired) electrons. The van der Waals surface area contributed by atoms with Crippen LogP contribution in [0.5, 0.6) is 5.75 Å². The fraction of sp³-hybridized carbons (Fsp3) is 0.143. The van der Waals surface area contributed by atoms with Crippen LogP contribution in [0.15, 0.2) is 85.1 Å². The third kappa shape index (κ3) is 6.43. The van der Waals surface area contributed by atoms with E-state index >= 15 is 0 Å². The van der Waals surface area contributed by atoms with E-state index in [1.54, 1.807) is 30.3 Å². The maximum Gasteiger partial charge on any atom is 0.341 e. The Morgan fingerprint density at radius 3 is 2.36 bits per heavy atom. The van der Waals surface area contributed by atoms with E-state index in [-0.39, 0.29) is 12.4 Å². The van der Waals surface area contributed by atoms with E-state index < -0.39 is 5.97 Å². The minimum absolute atomic E-state index is 0.0826. The molecule has 0 N–H and O–H groups in total. The number of allylic oxidation sites excluding steroid dienone is 1. The van der Waals surface area contributed by atoms with Gasteiger partial charge < -0.3 is 14.2 Å². The number of esters is 1. The molecule has 0 atom stereocenters.